The van der Waals surface area contributed by atoms with Crippen LogP contribution in [0.25, 0.3) is 0 Å². The van der Waals surface area contributed by atoms with Gasteiger partial charge in [-0.1, -0.05) is 19.4 Å². The summed E-state index contributed by atoms with van der Waals surface area (Å²) in [4.78, 5) is 0. The SMILES string of the molecule is CCCC(C)Oc1cccc(N)c1Br. The molecule has 1 atom stereocenters. The molecule has 0 amide bonds. The maximum atomic E-state index is 5.74. The molecule has 1 aromatic carbocycles. The molecule has 0 fully saturated rings. The summed E-state index contributed by atoms with van der Waals surface area (Å²) in [6, 6.07) is 5.67. The molecule has 2 nitrogen and oxygen atoms in total. The van der Waals surface area contributed by atoms with E-state index < -0.39 is 0 Å². The molecule has 0 spiro atoms. The van der Waals surface area contributed by atoms with Crippen molar-refractivity contribution >= 4 is 21.6 Å². The maximum Gasteiger partial charge on any atom is 0.135 e. The fourth-order valence-corrected chi connectivity index (χ4v) is 1.66. The van der Waals surface area contributed by atoms with Crippen molar-refractivity contribution in [2.75, 3.05) is 5.73 Å². The molecular formula is C11H16BrNO. The van der Waals surface area contributed by atoms with E-state index in [0.29, 0.717) is 5.69 Å². The molecule has 2 N–H and O–H groups in total. The van der Waals surface area contributed by atoms with Crippen LogP contribution in [0.3, 0.4) is 0 Å². The molecule has 1 unspecified atom stereocenters. The molecule has 3 heteroatoms. The Kier molecular flexibility index (Phi) is 4.26. The van der Waals surface area contributed by atoms with Crippen LogP contribution in [0.15, 0.2) is 22.7 Å². The van der Waals surface area contributed by atoms with E-state index in [1.807, 2.05) is 18.2 Å². The van der Waals surface area contributed by atoms with Crippen molar-refractivity contribution in [1.82, 2.24) is 0 Å². The Morgan fingerprint density at radius 2 is 2.21 bits per heavy atom. The Hall–Kier alpha value is -0.700. The van der Waals surface area contributed by atoms with Gasteiger partial charge < -0.3 is 10.5 Å². The van der Waals surface area contributed by atoms with Crippen LogP contribution in [0.1, 0.15) is 26.7 Å². The second kappa shape index (κ2) is 5.25. The van der Waals surface area contributed by atoms with E-state index in [9.17, 15) is 0 Å². The highest BCUT2D eigenvalue weighted by Gasteiger charge is 2.07. The molecule has 0 saturated heterocycles. The van der Waals surface area contributed by atoms with Crippen molar-refractivity contribution < 1.29 is 4.74 Å². The summed E-state index contributed by atoms with van der Waals surface area (Å²) in [6.45, 7) is 4.22. The van der Waals surface area contributed by atoms with Crippen LogP contribution < -0.4 is 10.5 Å². The second-order valence-corrected chi connectivity index (χ2v) is 4.17. The van der Waals surface area contributed by atoms with Crippen LogP contribution in [-0.4, -0.2) is 6.10 Å². The number of nitrogen functional groups attached to an aromatic ring is 1. The first-order chi connectivity index (χ1) is 6.65. The Bertz CT molecular complexity index is 301. The Balaban J connectivity index is 2.71. The monoisotopic (exact) mass is 257 g/mol. The Morgan fingerprint density at radius 3 is 2.86 bits per heavy atom. The van der Waals surface area contributed by atoms with Gasteiger partial charge in [-0.05, 0) is 41.4 Å². The van der Waals surface area contributed by atoms with Crippen molar-refractivity contribution in [3.05, 3.63) is 22.7 Å². The number of benzene rings is 1. The molecule has 0 aliphatic heterocycles. The average Bonchev–Trinajstić information content (AvgIpc) is 2.13. The van der Waals surface area contributed by atoms with E-state index in [1.54, 1.807) is 0 Å². The highest BCUT2D eigenvalue weighted by atomic mass is 79.9. The second-order valence-electron chi connectivity index (χ2n) is 3.38. The molecule has 0 radical (unpaired) electrons. The van der Waals surface area contributed by atoms with Gasteiger partial charge in [-0.2, -0.15) is 0 Å². The normalized spacial score (nSPS) is 12.5. The zero-order chi connectivity index (χ0) is 10.6. The first-order valence-electron chi connectivity index (χ1n) is 4.85. The summed E-state index contributed by atoms with van der Waals surface area (Å²) >= 11 is 3.41. The largest absolute Gasteiger partial charge is 0.489 e. The third kappa shape index (κ3) is 2.91. The van der Waals surface area contributed by atoms with E-state index in [1.165, 1.54) is 0 Å². The number of hydrogen-bond donors (Lipinski definition) is 1. The molecule has 78 valence electrons. The predicted octanol–water partition coefficient (Wildman–Crippen LogP) is 3.60. The van der Waals surface area contributed by atoms with E-state index in [4.69, 9.17) is 10.5 Å². The van der Waals surface area contributed by atoms with Gasteiger partial charge in [0.05, 0.1) is 10.6 Å². The molecule has 0 aromatic heterocycles. The zero-order valence-electron chi connectivity index (χ0n) is 8.59. The van der Waals surface area contributed by atoms with Crippen LogP contribution in [0.5, 0.6) is 5.75 Å². The van der Waals surface area contributed by atoms with Crippen LogP contribution in [-0.2, 0) is 0 Å². The first kappa shape index (κ1) is 11.4. The topological polar surface area (TPSA) is 35.2 Å². The highest BCUT2D eigenvalue weighted by Crippen LogP contribution is 2.31. The summed E-state index contributed by atoms with van der Waals surface area (Å²) in [5.41, 5.74) is 6.46. The van der Waals surface area contributed by atoms with E-state index >= 15 is 0 Å². The lowest BCUT2D eigenvalue weighted by Gasteiger charge is -2.15. The molecule has 14 heavy (non-hydrogen) atoms. The fraction of sp³-hybridized carbons (Fsp3) is 0.455. The minimum absolute atomic E-state index is 0.234. The molecule has 0 heterocycles. The lowest BCUT2D eigenvalue weighted by atomic mass is 10.2. The quantitative estimate of drug-likeness (QED) is 0.837. The predicted molar refractivity (Wildman–Crippen MR) is 63.6 cm³/mol. The van der Waals surface area contributed by atoms with Crippen LogP contribution >= 0.6 is 15.9 Å². The van der Waals surface area contributed by atoms with Gasteiger partial charge in [0.1, 0.15) is 5.75 Å². The van der Waals surface area contributed by atoms with Crippen molar-refractivity contribution in [3.8, 4) is 5.75 Å². The van der Waals surface area contributed by atoms with Gasteiger partial charge in [-0.3, -0.25) is 0 Å². The van der Waals surface area contributed by atoms with E-state index in [0.717, 1.165) is 23.1 Å². The third-order valence-electron chi connectivity index (χ3n) is 2.02. The van der Waals surface area contributed by atoms with Gasteiger partial charge in [-0.25, -0.2) is 0 Å². The lowest BCUT2D eigenvalue weighted by Crippen LogP contribution is -2.11. The average molecular weight is 258 g/mol. The van der Waals surface area contributed by atoms with Crippen molar-refractivity contribution in [3.63, 3.8) is 0 Å². The number of rotatable bonds is 4. The summed E-state index contributed by atoms with van der Waals surface area (Å²) in [6.07, 6.45) is 2.42. The lowest BCUT2D eigenvalue weighted by molar-refractivity contribution is 0.208. The summed E-state index contributed by atoms with van der Waals surface area (Å²) < 4.78 is 6.59. The van der Waals surface area contributed by atoms with Crippen LogP contribution in [0.2, 0.25) is 0 Å². The summed E-state index contributed by atoms with van der Waals surface area (Å²) in [5.74, 6) is 0.825. The van der Waals surface area contributed by atoms with Crippen LogP contribution in [0, 0.1) is 0 Å². The van der Waals surface area contributed by atoms with Gasteiger partial charge >= 0.3 is 0 Å². The van der Waals surface area contributed by atoms with Gasteiger partial charge in [-0.15, -0.1) is 0 Å². The third-order valence-corrected chi connectivity index (χ3v) is 2.87. The van der Waals surface area contributed by atoms with E-state index in [-0.39, 0.29) is 6.10 Å². The number of ether oxygens (including phenoxy) is 1. The number of anilines is 1. The smallest absolute Gasteiger partial charge is 0.135 e. The molecule has 0 aliphatic rings. The molecule has 0 saturated carbocycles. The molecule has 1 rings (SSSR count). The molecule has 1 aromatic rings. The number of nitrogens with two attached hydrogens (primary N) is 1. The fourth-order valence-electron chi connectivity index (χ4n) is 1.30. The standard InChI is InChI=1S/C11H16BrNO/c1-3-5-8(2)14-10-7-4-6-9(13)11(10)12/h4,6-8H,3,5,13H2,1-2H3. The van der Waals surface area contributed by atoms with Crippen LogP contribution in [0.4, 0.5) is 5.69 Å². The Labute approximate surface area is 93.6 Å². The summed E-state index contributed by atoms with van der Waals surface area (Å²) in [5, 5.41) is 0. The Morgan fingerprint density at radius 1 is 1.50 bits per heavy atom. The van der Waals surface area contributed by atoms with Gasteiger partial charge in [0.25, 0.3) is 0 Å². The minimum atomic E-state index is 0.234. The van der Waals surface area contributed by atoms with E-state index in [2.05, 4.69) is 29.8 Å². The molecule has 0 aliphatic carbocycles. The number of hydrogen-bond acceptors (Lipinski definition) is 2. The van der Waals surface area contributed by atoms with Gasteiger partial charge in [0.15, 0.2) is 0 Å². The minimum Gasteiger partial charge on any atom is -0.489 e. The van der Waals surface area contributed by atoms with Gasteiger partial charge in [0.2, 0.25) is 0 Å². The number of halogens is 1. The molecule has 0 bridgehead atoms. The summed E-state index contributed by atoms with van der Waals surface area (Å²) in [7, 11) is 0. The van der Waals surface area contributed by atoms with Gasteiger partial charge in [0, 0.05) is 5.69 Å². The molecular weight excluding hydrogens is 242 g/mol. The highest BCUT2D eigenvalue weighted by molar-refractivity contribution is 9.10. The maximum absolute atomic E-state index is 5.74. The zero-order valence-corrected chi connectivity index (χ0v) is 10.2. The van der Waals surface area contributed by atoms with Crippen molar-refractivity contribution in [2.24, 2.45) is 0 Å². The van der Waals surface area contributed by atoms with Crippen molar-refractivity contribution in [2.45, 2.75) is 32.8 Å². The first-order valence-corrected chi connectivity index (χ1v) is 5.65. The van der Waals surface area contributed by atoms with Crippen molar-refractivity contribution in [1.29, 1.82) is 0 Å².